The monoisotopic (exact) mass is 253 g/mol. The maximum absolute atomic E-state index is 12.0. The first kappa shape index (κ1) is 13.4. The number of benzene rings is 1. The van der Waals surface area contributed by atoms with Gasteiger partial charge in [0.25, 0.3) is 0 Å². The van der Waals surface area contributed by atoms with Gasteiger partial charge in [-0.1, -0.05) is 18.5 Å². The van der Waals surface area contributed by atoms with Gasteiger partial charge < -0.3 is 5.11 Å². The average Bonchev–Trinajstić information content (AvgIpc) is 2.30. The Balaban J connectivity index is 2.98. The number of carboxylic acid groups (broad SMARTS) is 1. The molecule has 1 atom stereocenters. The normalized spacial score (nSPS) is 11.9. The Hall–Kier alpha value is -1.68. The zero-order valence-electron chi connectivity index (χ0n) is 9.24. The van der Waals surface area contributed by atoms with Crippen molar-refractivity contribution < 1.29 is 14.7 Å². The Bertz CT molecular complexity index is 453. The molecule has 2 N–H and O–H groups in total. The number of Topliss-reactive ketones (excluding diaryl/α,β-unsaturated/α-hetero) is 1. The molecule has 5 heteroatoms. The minimum Gasteiger partial charge on any atom is -0.477 e. The van der Waals surface area contributed by atoms with Crippen LogP contribution < -0.4 is 0 Å². The van der Waals surface area contributed by atoms with E-state index >= 15 is 0 Å². The molecule has 0 heterocycles. The molecule has 1 aromatic rings. The van der Waals surface area contributed by atoms with E-state index in [1.807, 2.05) is 0 Å². The average molecular weight is 254 g/mol. The molecule has 0 amide bonds. The highest BCUT2D eigenvalue weighted by Gasteiger charge is 2.26. The standard InChI is InChI=1S/C12H12ClNO3/c1-2-9(10(14)12(16)17)11(15)7-3-5-8(13)6-4-7/h3-6,9,14H,2H2,1H3,(H,16,17)/t9-/m0/s1. The van der Waals surface area contributed by atoms with E-state index in [0.717, 1.165) is 0 Å². The molecule has 0 aromatic heterocycles. The highest BCUT2D eigenvalue weighted by molar-refractivity contribution is 6.40. The molecule has 0 spiro atoms. The van der Waals surface area contributed by atoms with Crippen molar-refractivity contribution in [3.05, 3.63) is 34.9 Å². The molecular weight excluding hydrogens is 242 g/mol. The summed E-state index contributed by atoms with van der Waals surface area (Å²) in [6.45, 7) is 1.68. The van der Waals surface area contributed by atoms with Crippen molar-refractivity contribution in [1.29, 1.82) is 5.41 Å². The number of ketones is 1. The van der Waals surface area contributed by atoms with E-state index in [4.69, 9.17) is 22.1 Å². The van der Waals surface area contributed by atoms with E-state index in [9.17, 15) is 9.59 Å². The lowest BCUT2D eigenvalue weighted by molar-refractivity contribution is -0.129. The minimum absolute atomic E-state index is 0.284. The van der Waals surface area contributed by atoms with Gasteiger partial charge >= 0.3 is 5.97 Å². The number of rotatable bonds is 5. The van der Waals surface area contributed by atoms with Crippen LogP contribution in [0.15, 0.2) is 24.3 Å². The van der Waals surface area contributed by atoms with Gasteiger partial charge in [-0.25, -0.2) is 4.79 Å². The van der Waals surface area contributed by atoms with Gasteiger partial charge in [-0.15, -0.1) is 0 Å². The molecule has 0 aliphatic rings. The maximum Gasteiger partial charge on any atom is 0.350 e. The van der Waals surface area contributed by atoms with Crippen LogP contribution in [0.3, 0.4) is 0 Å². The summed E-state index contributed by atoms with van der Waals surface area (Å²) in [5.74, 6) is -2.63. The van der Waals surface area contributed by atoms with Crippen molar-refractivity contribution in [2.45, 2.75) is 13.3 Å². The first-order chi connectivity index (χ1) is 7.97. The summed E-state index contributed by atoms with van der Waals surface area (Å²) in [7, 11) is 0. The molecule has 90 valence electrons. The zero-order chi connectivity index (χ0) is 13.0. The number of carbonyl (C=O) groups excluding carboxylic acids is 1. The van der Waals surface area contributed by atoms with Crippen LogP contribution in [0.25, 0.3) is 0 Å². The van der Waals surface area contributed by atoms with E-state index < -0.39 is 17.6 Å². The molecule has 4 nitrogen and oxygen atoms in total. The first-order valence-corrected chi connectivity index (χ1v) is 5.46. The summed E-state index contributed by atoms with van der Waals surface area (Å²) in [5, 5.41) is 16.6. The van der Waals surface area contributed by atoms with Crippen molar-refractivity contribution in [3.63, 3.8) is 0 Å². The van der Waals surface area contributed by atoms with E-state index in [-0.39, 0.29) is 12.2 Å². The summed E-state index contributed by atoms with van der Waals surface area (Å²) in [6, 6.07) is 6.18. The maximum atomic E-state index is 12.0. The molecule has 0 aliphatic carbocycles. The molecule has 0 saturated carbocycles. The van der Waals surface area contributed by atoms with Crippen LogP contribution in [0.1, 0.15) is 23.7 Å². The molecule has 0 saturated heterocycles. The van der Waals surface area contributed by atoms with Crippen LogP contribution in [0.2, 0.25) is 5.02 Å². The van der Waals surface area contributed by atoms with Crippen LogP contribution >= 0.6 is 11.6 Å². The fourth-order valence-corrected chi connectivity index (χ4v) is 1.61. The number of aliphatic carboxylic acids is 1. The lowest BCUT2D eigenvalue weighted by Gasteiger charge is -2.12. The van der Waals surface area contributed by atoms with Gasteiger partial charge in [0, 0.05) is 10.6 Å². The van der Waals surface area contributed by atoms with Crippen molar-refractivity contribution in [3.8, 4) is 0 Å². The second kappa shape index (κ2) is 5.59. The van der Waals surface area contributed by atoms with Crippen LogP contribution in [0, 0.1) is 11.3 Å². The molecule has 1 aromatic carbocycles. The quantitative estimate of drug-likeness (QED) is 0.625. The van der Waals surface area contributed by atoms with Crippen molar-refractivity contribution in [2.75, 3.05) is 0 Å². The third kappa shape index (κ3) is 3.14. The Morgan fingerprint density at radius 1 is 1.35 bits per heavy atom. The SMILES string of the molecule is CC[C@@H](C(=N)C(=O)O)C(=O)c1ccc(Cl)cc1. The summed E-state index contributed by atoms with van der Waals surface area (Å²) in [6.07, 6.45) is 0.284. The Morgan fingerprint density at radius 3 is 2.29 bits per heavy atom. The summed E-state index contributed by atoms with van der Waals surface area (Å²) >= 11 is 5.70. The van der Waals surface area contributed by atoms with Crippen LogP contribution in [-0.4, -0.2) is 22.6 Å². The number of nitrogens with one attached hydrogen (secondary N) is 1. The number of carboxylic acids is 1. The molecule has 0 aliphatic heterocycles. The fraction of sp³-hybridized carbons (Fsp3) is 0.250. The Kier molecular flexibility index (Phi) is 4.40. The number of hydrogen-bond donors (Lipinski definition) is 2. The lowest BCUT2D eigenvalue weighted by atomic mass is 9.91. The van der Waals surface area contributed by atoms with E-state index in [2.05, 4.69) is 0 Å². The second-order valence-corrected chi connectivity index (χ2v) is 3.99. The fourth-order valence-electron chi connectivity index (χ4n) is 1.49. The Morgan fingerprint density at radius 2 is 1.88 bits per heavy atom. The van der Waals surface area contributed by atoms with Crippen molar-refractivity contribution in [2.24, 2.45) is 5.92 Å². The number of halogens is 1. The molecule has 0 bridgehead atoms. The third-order valence-corrected chi connectivity index (χ3v) is 2.68. The minimum atomic E-state index is -1.36. The summed E-state index contributed by atoms with van der Waals surface area (Å²) < 4.78 is 0. The molecular formula is C12H12ClNO3. The summed E-state index contributed by atoms with van der Waals surface area (Å²) in [4.78, 5) is 22.7. The van der Waals surface area contributed by atoms with Gasteiger partial charge in [-0.05, 0) is 30.7 Å². The molecule has 0 unspecified atom stereocenters. The lowest BCUT2D eigenvalue weighted by Crippen LogP contribution is -2.29. The van der Waals surface area contributed by atoms with E-state index in [0.29, 0.717) is 10.6 Å². The van der Waals surface area contributed by atoms with Crippen LogP contribution in [0.5, 0.6) is 0 Å². The second-order valence-electron chi connectivity index (χ2n) is 3.55. The molecule has 1 rings (SSSR count). The topological polar surface area (TPSA) is 78.2 Å². The number of hydrogen-bond acceptors (Lipinski definition) is 3. The largest absolute Gasteiger partial charge is 0.477 e. The van der Waals surface area contributed by atoms with Crippen LogP contribution in [0.4, 0.5) is 0 Å². The highest BCUT2D eigenvalue weighted by atomic mass is 35.5. The molecule has 0 radical (unpaired) electrons. The van der Waals surface area contributed by atoms with Crippen molar-refractivity contribution in [1.82, 2.24) is 0 Å². The van der Waals surface area contributed by atoms with Gasteiger partial charge in [0.05, 0.1) is 5.92 Å². The number of carbonyl (C=O) groups is 2. The first-order valence-electron chi connectivity index (χ1n) is 5.08. The van der Waals surface area contributed by atoms with Gasteiger partial charge in [-0.3, -0.25) is 10.2 Å². The summed E-state index contributed by atoms with van der Waals surface area (Å²) in [5.41, 5.74) is -0.209. The van der Waals surface area contributed by atoms with Gasteiger partial charge in [0.1, 0.15) is 5.71 Å². The molecule has 17 heavy (non-hydrogen) atoms. The third-order valence-electron chi connectivity index (χ3n) is 2.43. The predicted octanol–water partition coefficient (Wildman–Crippen LogP) is 2.65. The van der Waals surface area contributed by atoms with Crippen LogP contribution in [-0.2, 0) is 4.79 Å². The predicted molar refractivity (Wildman–Crippen MR) is 64.9 cm³/mol. The highest BCUT2D eigenvalue weighted by Crippen LogP contribution is 2.16. The van der Waals surface area contributed by atoms with E-state index in [1.54, 1.807) is 19.1 Å². The smallest absolute Gasteiger partial charge is 0.350 e. The van der Waals surface area contributed by atoms with Gasteiger partial charge in [-0.2, -0.15) is 0 Å². The molecule has 0 fully saturated rings. The van der Waals surface area contributed by atoms with Crippen molar-refractivity contribution >= 4 is 29.1 Å². The zero-order valence-corrected chi connectivity index (χ0v) is 9.99. The van der Waals surface area contributed by atoms with Gasteiger partial charge in [0.2, 0.25) is 0 Å². The Labute approximate surface area is 104 Å². The van der Waals surface area contributed by atoms with E-state index in [1.165, 1.54) is 12.1 Å². The van der Waals surface area contributed by atoms with Gasteiger partial charge in [0.15, 0.2) is 5.78 Å².